The van der Waals surface area contributed by atoms with Crippen molar-refractivity contribution in [2.45, 2.75) is 20.0 Å². The van der Waals surface area contributed by atoms with E-state index in [1.54, 1.807) is 10.9 Å². The molecule has 0 aromatic carbocycles. The standard InChI is InChI=1S/C8H11N5OS/c1-6-4-9-12(5-6)2-3-13-7(14)10-11-8(13)15/h4-5H,2-3H2,1H3,(H,10,14)(H,11,15). The van der Waals surface area contributed by atoms with Gasteiger partial charge in [0.05, 0.1) is 12.7 Å². The maximum atomic E-state index is 11.2. The van der Waals surface area contributed by atoms with Crippen molar-refractivity contribution in [2.24, 2.45) is 0 Å². The van der Waals surface area contributed by atoms with Gasteiger partial charge in [-0.15, -0.1) is 0 Å². The summed E-state index contributed by atoms with van der Waals surface area (Å²) >= 11 is 4.94. The molecular formula is C8H11N5OS. The van der Waals surface area contributed by atoms with Gasteiger partial charge >= 0.3 is 5.69 Å². The van der Waals surface area contributed by atoms with Gasteiger partial charge in [0.15, 0.2) is 4.77 Å². The van der Waals surface area contributed by atoms with E-state index in [4.69, 9.17) is 12.2 Å². The van der Waals surface area contributed by atoms with Gasteiger partial charge in [-0.1, -0.05) is 0 Å². The molecule has 0 unspecified atom stereocenters. The number of rotatable bonds is 3. The number of nitrogens with zero attached hydrogens (tertiary/aromatic N) is 3. The lowest BCUT2D eigenvalue weighted by Crippen LogP contribution is -2.20. The Morgan fingerprint density at radius 2 is 2.27 bits per heavy atom. The van der Waals surface area contributed by atoms with Crippen molar-refractivity contribution < 1.29 is 0 Å². The van der Waals surface area contributed by atoms with E-state index < -0.39 is 0 Å². The number of nitrogens with one attached hydrogen (secondary N) is 2. The zero-order valence-electron chi connectivity index (χ0n) is 8.23. The van der Waals surface area contributed by atoms with Gasteiger partial charge in [0, 0.05) is 12.7 Å². The van der Waals surface area contributed by atoms with Crippen LogP contribution in [0.3, 0.4) is 0 Å². The van der Waals surface area contributed by atoms with E-state index in [1.807, 2.05) is 13.1 Å². The number of aryl methyl sites for hydroxylation is 2. The lowest BCUT2D eigenvalue weighted by atomic mass is 10.4. The molecule has 0 bridgehead atoms. The Kier molecular flexibility index (Phi) is 2.55. The number of aromatic nitrogens is 5. The molecule has 0 saturated carbocycles. The summed E-state index contributed by atoms with van der Waals surface area (Å²) in [6, 6.07) is 0. The molecule has 0 spiro atoms. The Morgan fingerprint density at radius 1 is 1.47 bits per heavy atom. The van der Waals surface area contributed by atoms with Crippen LogP contribution >= 0.6 is 12.2 Å². The summed E-state index contributed by atoms with van der Waals surface area (Å²) in [5.41, 5.74) is 0.880. The summed E-state index contributed by atoms with van der Waals surface area (Å²) in [7, 11) is 0. The van der Waals surface area contributed by atoms with E-state index in [0.29, 0.717) is 17.9 Å². The highest BCUT2D eigenvalue weighted by atomic mass is 32.1. The first-order chi connectivity index (χ1) is 7.16. The Bertz CT molecular complexity index is 532. The smallest absolute Gasteiger partial charge is 0.272 e. The van der Waals surface area contributed by atoms with Crippen molar-refractivity contribution in [1.82, 2.24) is 24.5 Å². The van der Waals surface area contributed by atoms with E-state index >= 15 is 0 Å². The fraction of sp³-hybridized carbons (Fsp3) is 0.375. The average molecular weight is 225 g/mol. The maximum Gasteiger partial charge on any atom is 0.342 e. The van der Waals surface area contributed by atoms with E-state index in [2.05, 4.69) is 15.3 Å². The minimum atomic E-state index is -0.219. The van der Waals surface area contributed by atoms with Crippen LogP contribution in [0, 0.1) is 11.7 Å². The average Bonchev–Trinajstić information content (AvgIpc) is 2.73. The number of hydrogen-bond acceptors (Lipinski definition) is 3. The second-order valence-electron chi connectivity index (χ2n) is 3.29. The third-order valence-electron chi connectivity index (χ3n) is 2.08. The predicted octanol–water partition coefficient (Wildman–Crippen LogP) is 0.439. The van der Waals surface area contributed by atoms with Crippen LogP contribution in [0.5, 0.6) is 0 Å². The molecule has 2 aromatic heterocycles. The van der Waals surface area contributed by atoms with Gasteiger partial charge in [0.25, 0.3) is 0 Å². The molecule has 0 aliphatic carbocycles. The highest BCUT2D eigenvalue weighted by molar-refractivity contribution is 7.71. The molecule has 0 radical (unpaired) electrons. The molecule has 0 aliphatic heterocycles. The van der Waals surface area contributed by atoms with Gasteiger partial charge in [0.2, 0.25) is 0 Å². The zero-order chi connectivity index (χ0) is 10.8. The Morgan fingerprint density at radius 3 is 2.80 bits per heavy atom. The predicted molar refractivity (Wildman–Crippen MR) is 57.2 cm³/mol. The van der Waals surface area contributed by atoms with Gasteiger partial charge in [0.1, 0.15) is 0 Å². The molecule has 0 fully saturated rings. The summed E-state index contributed by atoms with van der Waals surface area (Å²) in [4.78, 5) is 11.2. The van der Waals surface area contributed by atoms with Gasteiger partial charge in [-0.25, -0.2) is 9.89 Å². The molecule has 0 amide bonds. The van der Waals surface area contributed by atoms with Crippen LogP contribution in [0.4, 0.5) is 0 Å². The molecule has 2 heterocycles. The number of aromatic amines is 2. The molecule has 15 heavy (non-hydrogen) atoms. The first-order valence-electron chi connectivity index (χ1n) is 4.53. The van der Waals surface area contributed by atoms with Crippen molar-refractivity contribution in [1.29, 1.82) is 0 Å². The van der Waals surface area contributed by atoms with Gasteiger partial charge in [-0.3, -0.25) is 14.3 Å². The second kappa shape index (κ2) is 3.85. The van der Waals surface area contributed by atoms with E-state index in [1.165, 1.54) is 4.57 Å². The molecule has 0 aliphatic rings. The minimum Gasteiger partial charge on any atom is -0.272 e. The third kappa shape index (κ3) is 2.07. The molecule has 2 aromatic rings. The Balaban J connectivity index is 2.11. The van der Waals surface area contributed by atoms with Crippen LogP contribution in [0.1, 0.15) is 5.56 Å². The topological polar surface area (TPSA) is 71.4 Å². The van der Waals surface area contributed by atoms with Crippen molar-refractivity contribution in [3.63, 3.8) is 0 Å². The summed E-state index contributed by atoms with van der Waals surface area (Å²) < 4.78 is 3.65. The SMILES string of the molecule is Cc1cnn(CCn2c(=O)[nH][nH]c2=S)c1. The lowest BCUT2D eigenvalue weighted by Gasteiger charge is -2.00. The summed E-state index contributed by atoms with van der Waals surface area (Å²) in [6.45, 7) is 3.11. The fourth-order valence-electron chi connectivity index (χ4n) is 1.33. The normalized spacial score (nSPS) is 10.7. The minimum absolute atomic E-state index is 0.219. The molecule has 0 atom stereocenters. The fourth-order valence-corrected chi connectivity index (χ4v) is 1.55. The van der Waals surface area contributed by atoms with Crippen molar-refractivity contribution in [2.75, 3.05) is 0 Å². The van der Waals surface area contributed by atoms with Crippen LogP contribution in [0.15, 0.2) is 17.2 Å². The molecule has 2 rings (SSSR count). The van der Waals surface area contributed by atoms with Crippen LogP contribution < -0.4 is 5.69 Å². The van der Waals surface area contributed by atoms with Gasteiger partial charge in [-0.2, -0.15) is 5.10 Å². The first-order valence-corrected chi connectivity index (χ1v) is 4.94. The number of H-pyrrole nitrogens is 2. The van der Waals surface area contributed by atoms with E-state index in [-0.39, 0.29) is 5.69 Å². The monoisotopic (exact) mass is 225 g/mol. The van der Waals surface area contributed by atoms with Crippen molar-refractivity contribution >= 4 is 12.2 Å². The third-order valence-corrected chi connectivity index (χ3v) is 2.40. The van der Waals surface area contributed by atoms with Crippen LogP contribution in [0.2, 0.25) is 0 Å². The van der Waals surface area contributed by atoms with Crippen LogP contribution in [-0.4, -0.2) is 24.5 Å². The molecular weight excluding hydrogens is 214 g/mol. The van der Waals surface area contributed by atoms with E-state index in [9.17, 15) is 4.79 Å². The van der Waals surface area contributed by atoms with Gasteiger partial charge in [-0.05, 0) is 24.7 Å². The zero-order valence-corrected chi connectivity index (χ0v) is 9.04. The quantitative estimate of drug-likeness (QED) is 0.744. The first kappa shape index (κ1) is 9.91. The lowest BCUT2D eigenvalue weighted by molar-refractivity contribution is 0.521. The van der Waals surface area contributed by atoms with Crippen molar-refractivity contribution in [3.05, 3.63) is 33.2 Å². The highest BCUT2D eigenvalue weighted by Crippen LogP contribution is 1.94. The maximum absolute atomic E-state index is 11.2. The Labute approximate surface area is 90.5 Å². The largest absolute Gasteiger partial charge is 0.342 e. The molecule has 80 valence electrons. The molecule has 0 saturated heterocycles. The summed E-state index contributed by atoms with van der Waals surface area (Å²) in [5.74, 6) is 0. The van der Waals surface area contributed by atoms with Crippen LogP contribution in [-0.2, 0) is 13.1 Å². The van der Waals surface area contributed by atoms with Crippen molar-refractivity contribution in [3.8, 4) is 0 Å². The molecule has 2 N–H and O–H groups in total. The highest BCUT2D eigenvalue weighted by Gasteiger charge is 2.00. The number of hydrogen-bond donors (Lipinski definition) is 2. The van der Waals surface area contributed by atoms with Crippen LogP contribution in [0.25, 0.3) is 0 Å². The summed E-state index contributed by atoms with van der Waals surface area (Å²) in [5, 5.41) is 9.14. The molecule has 7 heteroatoms. The molecule has 6 nitrogen and oxygen atoms in total. The Hall–Kier alpha value is -1.63. The van der Waals surface area contributed by atoms with Gasteiger partial charge < -0.3 is 0 Å². The summed E-state index contributed by atoms with van der Waals surface area (Å²) in [6.07, 6.45) is 3.70. The second-order valence-corrected chi connectivity index (χ2v) is 3.68. The van der Waals surface area contributed by atoms with E-state index in [0.717, 1.165) is 5.56 Å².